The number of nitrogens with zero attached hydrogens (tertiary/aromatic N) is 2. The average molecular weight is 599 g/mol. The van der Waals surface area contributed by atoms with Gasteiger partial charge < -0.3 is 26.4 Å². The van der Waals surface area contributed by atoms with E-state index >= 15 is 0 Å². The van der Waals surface area contributed by atoms with Crippen LogP contribution in [0.15, 0.2) is 46.8 Å². The molecule has 1 aromatic heterocycles. The highest BCUT2D eigenvalue weighted by molar-refractivity contribution is 8.14. The first-order valence-electron chi connectivity index (χ1n) is 13.3. The summed E-state index contributed by atoms with van der Waals surface area (Å²) in [7, 11) is 0. The minimum Gasteiger partial charge on any atom is -0.456 e. The summed E-state index contributed by atoms with van der Waals surface area (Å²) in [6.45, 7) is 5.55. The lowest BCUT2D eigenvalue weighted by Gasteiger charge is -2.27. The highest BCUT2D eigenvalue weighted by atomic mass is 32.2. The van der Waals surface area contributed by atoms with Crippen LogP contribution in [0.3, 0.4) is 0 Å². The summed E-state index contributed by atoms with van der Waals surface area (Å²) in [5.74, 6) is -1.46. The van der Waals surface area contributed by atoms with Crippen LogP contribution in [-0.2, 0) is 30.5 Å². The van der Waals surface area contributed by atoms with E-state index in [9.17, 15) is 19.2 Å². The van der Waals surface area contributed by atoms with E-state index in [4.69, 9.17) is 10.5 Å². The van der Waals surface area contributed by atoms with Crippen LogP contribution in [0.1, 0.15) is 50.7 Å². The number of para-hydroxylation sites is 2. The molecule has 0 spiro atoms. The minimum atomic E-state index is -1.06. The van der Waals surface area contributed by atoms with Crippen molar-refractivity contribution in [2.75, 3.05) is 16.8 Å². The SMILES string of the molecule is CC(C)[C@@H]1NC(=O)[C@]2(C)CSC(=N2)c2csc(n2)CNC(=O)C[C@@H](/C=C/CCC(=O)Nc2ccccc2N)OC1=O. The maximum absolute atomic E-state index is 13.3. The topological polar surface area (TPSA) is 165 Å². The van der Waals surface area contributed by atoms with E-state index in [2.05, 4.69) is 25.9 Å². The zero-order valence-corrected chi connectivity index (χ0v) is 24.8. The quantitative estimate of drug-likeness (QED) is 0.224. The van der Waals surface area contributed by atoms with Crippen LogP contribution >= 0.6 is 23.1 Å². The lowest BCUT2D eigenvalue weighted by molar-refractivity contribution is -0.153. The van der Waals surface area contributed by atoms with Gasteiger partial charge in [0.25, 0.3) is 0 Å². The molecule has 0 saturated carbocycles. The van der Waals surface area contributed by atoms with Crippen molar-refractivity contribution in [1.29, 1.82) is 0 Å². The second kappa shape index (κ2) is 13.3. The molecule has 0 aliphatic carbocycles. The molecule has 13 heteroatoms. The molecule has 218 valence electrons. The maximum Gasteiger partial charge on any atom is 0.329 e. The van der Waals surface area contributed by atoms with Gasteiger partial charge in [0.2, 0.25) is 17.7 Å². The van der Waals surface area contributed by atoms with Crippen molar-refractivity contribution in [1.82, 2.24) is 15.6 Å². The first-order chi connectivity index (χ1) is 19.5. The molecule has 2 aliphatic rings. The van der Waals surface area contributed by atoms with E-state index < -0.39 is 23.7 Å². The van der Waals surface area contributed by atoms with E-state index in [1.165, 1.54) is 23.1 Å². The summed E-state index contributed by atoms with van der Waals surface area (Å²) < 4.78 is 5.73. The van der Waals surface area contributed by atoms with Gasteiger partial charge in [-0.15, -0.1) is 23.1 Å². The lowest BCUT2D eigenvalue weighted by atomic mass is 10.0. The van der Waals surface area contributed by atoms with Gasteiger partial charge in [-0.1, -0.05) is 32.1 Å². The minimum absolute atomic E-state index is 0.133. The number of carbonyl (C=O) groups is 4. The summed E-state index contributed by atoms with van der Waals surface area (Å²) in [6.07, 6.45) is 2.75. The van der Waals surface area contributed by atoms with Crippen molar-refractivity contribution in [2.24, 2.45) is 10.9 Å². The van der Waals surface area contributed by atoms with E-state index in [0.717, 1.165) is 0 Å². The first kappa shape index (κ1) is 30.3. The van der Waals surface area contributed by atoms with Crippen LogP contribution in [0.2, 0.25) is 0 Å². The summed E-state index contributed by atoms with van der Waals surface area (Å²) in [5, 5.41) is 11.6. The number of anilines is 2. The number of nitrogen functional groups attached to an aromatic ring is 1. The number of allylic oxidation sites excluding steroid dienone is 1. The zero-order chi connectivity index (χ0) is 29.6. The number of nitrogens with one attached hydrogen (secondary N) is 3. The van der Waals surface area contributed by atoms with Crippen LogP contribution in [0, 0.1) is 5.92 Å². The Morgan fingerprint density at radius 1 is 1.29 bits per heavy atom. The monoisotopic (exact) mass is 598 g/mol. The Hall–Kier alpha value is -3.71. The fourth-order valence-corrected chi connectivity index (χ4v) is 6.04. The van der Waals surface area contributed by atoms with Crippen LogP contribution in [0.5, 0.6) is 0 Å². The third-order valence-corrected chi connectivity index (χ3v) is 8.65. The summed E-state index contributed by atoms with van der Waals surface area (Å²) in [4.78, 5) is 60.9. The maximum atomic E-state index is 13.3. The Balaban J connectivity index is 1.48. The number of aliphatic imine (C=N–C) groups is 1. The van der Waals surface area contributed by atoms with Crippen molar-refractivity contribution in [3.63, 3.8) is 0 Å². The van der Waals surface area contributed by atoms with Gasteiger partial charge in [-0.2, -0.15) is 0 Å². The third kappa shape index (κ3) is 7.94. The molecule has 3 atom stereocenters. The normalized spacial score (nSPS) is 23.6. The molecule has 0 unspecified atom stereocenters. The van der Waals surface area contributed by atoms with Gasteiger partial charge in [0.05, 0.1) is 24.3 Å². The van der Waals surface area contributed by atoms with Gasteiger partial charge >= 0.3 is 5.97 Å². The molecule has 3 heterocycles. The number of esters is 1. The van der Waals surface area contributed by atoms with Crippen molar-refractivity contribution in [3.8, 4) is 0 Å². The highest BCUT2D eigenvalue weighted by Gasteiger charge is 2.41. The molecule has 41 heavy (non-hydrogen) atoms. The Kier molecular flexibility index (Phi) is 9.81. The van der Waals surface area contributed by atoms with Crippen molar-refractivity contribution >= 4 is 63.2 Å². The molecule has 4 bridgehead atoms. The molecule has 2 aliphatic heterocycles. The van der Waals surface area contributed by atoms with E-state index in [0.29, 0.717) is 39.3 Å². The first-order valence-corrected chi connectivity index (χ1v) is 15.2. The largest absolute Gasteiger partial charge is 0.456 e. The van der Waals surface area contributed by atoms with Crippen LogP contribution in [-0.4, -0.2) is 57.2 Å². The Bertz CT molecular complexity index is 1370. The Labute approximate surface area is 246 Å². The lowest BCUT2D eigenvalue weighted by Crippen LogP contribution is -2.53. The van der Waals surface area contributed by atoms with Crippen molar-refractivity contribution in [2.45, 2.75) is 64.3 Å². The predicted molar refractivity (Wildman–Crippen MR) is 160 cm³/mol. The molecule has 4 rings (SSSR count). The van der Waals surface area contributed by atoms with E-state index in [-0.39, 0.29) is 43.0 Å². The molecular weight excluding hydrogens is 564 g/mol. The number of benzene rings is 1. The number of thiazole rings is 1. The molecule has 0 radical (unpaired) electrons. The Morgan fingerprint density at radius 2 is 2.07 bits per heavy atom. The van der Waals surface area contributed by atoms with Crippen molar-refractivity contribution < 1.29 is 23.9 Å². The number of thioether (sulfide) groups is 1. The average Bonchev–Trinajstić information content (AvgIpc) is 3.56. The van der Waals surface area contributed by atoms with Gasteiger partial charge in [0.1, 0.15) is 33.4 Å². The number of amides is 3. The number of rotatable bonds is 6. The molecule has 11 nitrogen and oxygen atoms in total. The second-order valence-electron chi connectivity index (χ2n) is 10.4. The predicted octanol–water partition coefficient (Wildman–Crippen LogP) is 3.02. The number of carbonyl (C=O) groups excluding carboxylic acids is 4. The highest BCUT2D eigenvalue weighted by Crippen LogP contribution is 2.32. The number of cyclic esters (lactones) is 1. The van der Waals surface area contributed by atoms with E-state index in [1.54, 1.807) is 57.2 Å². The number of hydrogen-bond acceptors (Lipinski definition) is 10. The number of fused-ring (bicyclic) bond motifs is 4. The fraction of sp³-hybridized carbons (Fsp3) is 0.429. The van der Waals surface area contributed by atoms with E-state index in [1.807, 2.05) is 5.38 Å². The molecule has 0 saturated heterocycles. The standard InChI is InChI=1S/C28H34N6O5S2/c1-16(2)24-26(37)39-17(8-4-7-11-21(35)31-19-10-6-5-9-18(19)29)12-22(36)30-13-23-32-20(14-40-23)25-34-28(3,15-41-25)27(38)33-24/h4-6,8-10,14,16-17,24H,7,11-13,15,29H2,1-3H3,(H,30,36)(H,31,35)(H,33,38)/b8-4+/t17-,24+,28+/m1/s1. The van der Waals surface area contributed by atoms with Crippen molar-refractivity contribution in [3.05, 3.63) is 52.5 Å². The third-order valence-electron chi connectivity index (χ3n) is 6.52. The van der Waals surface area contributed by atoms with Gasteiger partial charge in [0.15, 0.2) is 0 Å². The van der Waals surface area contributed by atoms with Gasteiger partial charge in [-0.3, -0.25) is 19.4 Å². The molecule has 1 aromatic carbocycles. The van der Waals surface area contributed by atoms with Crippen LogP contribution in [0.4, 0.5) is 11.4 Å². The summed E-state index contributed by atoms with van der Waals surface area (Å²) >= 11 is 2.82. The zero-order valence-electron chi connectivity index (χ0n) is 23.1. The molecule has 2 aromatic rings. The van der Waals surface area contributed by atoms with Crippen LogP contribution in [0.25, 0.3) is 0 Å². The molecule has 3 amide bonds. The fourth-order valence-electron chi connectivity index (χ4n) is 4.12. The molecule has 0 fully saturated rings. The number of hydrogen-bond donors (Lipinski definition) is 4. The molecular formula is C28H34N6O5S2. The smallest absolute Gasteiger partial charge is 0.329 e. The van der Waals surface area contributed by atoms with Gasteiger partial charge in [-0.05, 0) is 37.5 Å². The Morgan fingerprint density at radius 3 is 2.83 bits per heavy atom. The summed E-state index contributed by atoms with van der Waals surface area (Å²) in [5.41, 5.74) is 6.48. The summed E-state index contributed by atoms with van der Waals surface area (Å²) in [6, 6.07) is 6.03. The second-order valence-corrected chi connectivity index (χ2v) is 12.3. The van der Waals surface area contributed by atoms with Crippen LogP contribution < -0.4 is 21.7 Å². The number of ether oxygens (including phenoxy) is 1. The van der Waals surface area contributed by atoms with Gasteiger partial charge in [0, 0.05) is 17.6 Å². The van der Waals surface area contributed by atoms with Gasteiger partial charge in [-0.25, -0.2) is 9.78 Å². The number of aromatic nitrogens is 1. The number of nitrogens with two attached hydrogens (primary N) is 1. The molecule has 5 N–H and O–H groups in total.